The van der Waals surface area contributed by atoms with Gasteiger partial charge in [-0.3, -0.25) is 9.59 Å². The third-order valence-corrected chi connectivity index (χ3v) is 6.23. The second kappa shape index (κ2) is 10.8. The van der Waals surface area contributed by atoms with Crippen LogP contribution >= 0.6 is 0 Å². The Labute approximate surface area is 224 Å². The van der Waals surface area contributed by atoms with Gasteiger partial charge in [0.1, 0.15) is 17.1 Å². The van der Waals surface area contributed by atoms with Gasteiger partial charge in [-0.1, -0.05) is 0 Å². The van der Waals surface area contributed by atoms with Crippen molar-refractivity contribution in [3.63, 3.8) is 0 Å². The normalized spacial score (nSPS) is 15.4. The number of hydrogen-bond donors (Lipinski definition) is 1. The molecule has 208 valence electrons. The smallest absolute Gasteiger partial charge is 0.342 e. The van der Waals surface area contributed by atoms with E-state index in [1.54, 1.807) is 32.9 Å². The molecule has 0 spiro atoms. The van der Waals surface area contributed by atoms with E-state index in [1.807, 2.05) is 13.8 Å². The molecule has 1 unspecified atom stereocenters. The zero-order chi connectivity index (χ0) is 29.4. The number of esters is 4. The lowest BCUT2D eigenvalue weighted by Crippen LogP contribution is -2.50. The number of carbonyl (C=O) groups is 4. The summed E-state index contributed by atoms with van der Waals surface area (Å²) in [6, 6.07) is 3.24. The molecule has 1 aliphatic carbocycles. The van der Waals surface area contributed by atoms with E-state index >= 15 is 0 Å². The zero-order valence-corrected chi connectivity index (χ0v) is 23.3. The SMILES string of the molecule is COC(=O)C1=C(C(=O)OC)C(C(=O)OC)C(NC(C)(C)C)=c2c(oc3cc(C)c(C)cc3c2=O)=C1C(=O)OC. The largest absolute Gasteiger partial charge is 0.468 e. The maximum absolute atomic E-state index is 14.2. The molecule has 0 aliphatic heterocycles. The highest BCUT2D eigenvalue weighted by atomic mass is 16.5. The molecule has 1 heterocycles. The number of rotatable bonds is 5. The summed E-state index contributed by atoms with van der Waals surface area (Å²) < 4.78 is 26.0. The van der Waals surface area contributed by atoms with E-state index in [-0.39, 0.29) is 27.3 Å². The van der Waals surface area contributed by atoms with Gasteiger partial charge in [0.05, 0.1) is 50.2 Å². The van der Waals surface area contributed by atoms with E-state index in [1.165, 1.54) is 0 Å². The van der Waals surface area contributed by atoms with Gasteiger partial charge in [0.15, 0.2) is 5.42 Å². The van der Waals surface area contributed by atoms with E-state index in [9.17, 15) is 24.0 Å². The van der Waals surface area contributed by atoms with Crippen LogP contribution in [0.15, 0.2) is 32.5 Å². The molecule has 1 aliphatic rings. The summed E-state index contributed by atoms with van der Waals surface area (Å²) in [6.07, 6.45) is 0. The van der Waals surface area contributed by atoms with E-state index in [4.69, 9.17) is 23.4 Å². The molecule has 2 aromatic rings. The van der Waals surface area contributed by atoms with Crippen LogP contribution in [-0.2, 0) is 38.1 Å². The fraction of sp³-hybridized carbons (Fsp3) is 0.393. The van der Waals surface area contributed by atoms with Gasteiger partial charge in [-0.25, -0.2) is 14.4 Å². The minimum atomic E-state index is -1.72. The Morgan fingerprint density at radius 2 is 1.36 bits per heavy atom. The lowest BCUT2D eigenvalue weighted by molar-refractivity contribution is -0.146. The first kappa shape index (κ1) is 29.2. The van der Waals surface area contributed by atoms with Crippen molar-refractivity contribution in [1.29, 1.82) is 0 Å². The van der Waals surface area contributed by atoms with Gasteiger partial charge in [0.2, 0.25) is 5.43 Å². The second-order valence-corrected chi connectivity index (χ2v) is 9.95. The average molecular weight is 542 g/mol. The first-order chi connectivity index (χ1) is 18.2. The van der Waals surface area contributed by atoms with Crippen molar-refractivity contribution in [1.82, 2.24) is 5.32 Å². The van der Waals surface area contributed by atoms with Gasteiger partial charge in [0.25, 0.3) is 0 Å². The van der Waals surface area contributed by atoms with Crippen molar-refractivity contribution in [3.8, 4) is 0 Å². The molecular weight excluding hydrogens is 510 g/mol. The second-order valence-electron chi connectivity index (χ2n) is 9.95. The molecule has 0 bridgehead atoms. The Kier molecular flexibility index (Phi) is 8.04. The maximum Gasteiger partial charge on any atom is 0.342 e. The molecule has 0 fully saturated rings. The minimum absolute atomic E-state index is 0.110. The van der Waals surface area contributed by atoms with Crippen LogP contribution in [-0.4, -0.2) is 57.9 Å². The van der Waals surface area contributed by atoms with Crippen LogP contribution in [0.1, 0.15) is 31.9 Å². The molecule has 1 N–H and O–H groups in total. The van der Waals surface area contributed by atoms with E-state index in [0.717, 1.165) is 39.6 Å². The van der Waals surface area contributed by atoms with E-state index < -0.39 is 57.5 Å². The predicted octanol–water partition coefficient (Wildman–Crippen LogP) is 0.675. The third kappa shape index (κ3) is 5.16. The number of fused-ring (bicyclic) bond motifs is 2. The molecule has 0 radical (unpaired) electrons. The quantitative estimate of drug-likeness (QED) is 0.421. The standard InChI is InChI=1S/C28H31NO10/c1-12-10-14-15(11-13(12)2)39-23-19(27(34)38-9)17(25(32)36-7)16(24(31)35-6)18(26(33)37-8)21(20(23)22(14)30)29-28(3,4)5/h10-11,18,29H,1-9H3. The monoisotopic (exact) mass is 541 g/mol. The number of carbonyl (C=O) groups excluding carboxylic acids is 4. The van der Waals surface area contributed by atoms with Crippen molar-refractivity contribution in [2.24, 2.45) is 5.92 Å². The van der Waals surface area contributed by atoms with E-state index in [0.29, 0.717) is 0 Å². The van der Waals surface area contributed by atoms with Gasteiger partial charge in [-0.2, -0.15) is 0 Å². The summed E-state index contributed by atoms with van der Waals surface area (Å²) in [4.78, 5) is 67.5. The fourth-order valence-electron chi connectivity index (χ4n) is 4.39. The number of aryl methyl sites for hydroxylation is 2. The first-order valence-corrected chi connectivity index (χ1v) is 11.9. The van der Waals surface area contributed by atoms with Gasteiger partial charge >= 0.3 is 23.9 Å². The van der Waals surface area contributed by atoms with Crippen LogP contribution < -0.4 is 21.4 Å². The van der Waals surface area contributed by atoms with Crippen molar-refractivity contribution < 1.29 is 42.5 Å². The predicted molar refractivity (Wildman–Crippen MR) is 139 cm³/mol. The molecular formula is C28H31NO10. The molecule has 3 rings (SSSR count). The lowest BCUT2D eigenvalue weighted by Gasteiger charge is -2.29. The molecule has 1 aromatic carbocycles. The number of nitrogens with one attached hydrogen (secondary N) is 1. The van der Waals surface area contributed by atoms with Gasteiger partial charge in [-0.15, -0.1) is 0 Å². The third-order valence-electron chi connectivity index (χ3n) is 6.23. The molecule has 0 saturated heterocycles. The van der Waals surface area contributed by atoms with Gasteiger partial charge in [0, 0.05) is 11.2 Å². The van der Waals surface area contributed by atoms with Crippen LogP contribution in [0.3, 0.4) is 0 Å². The van der Waals surface area contributed by atoms with Crippen molar-refractivity contribution in [2.45, 2.75) is 40.2 Å². The van der Waals surface area contributed by atoms with Gasteiger partial charge < -0.3 is 28.7 Å². The first-order valence-electron chi connectivity index (χ1n) is 11.9. The molecule has 0 amide bonds. The zero-order valence-electron chi connectivity index (χ0n) is 23.3. The van der Waals surface area contributed by atoms with Crippen LogP contribution in [0.5, 0.6) is 0 Å². The topological polar surface area (TPSA) is 147 Å². The molecule has 11 nitrogen and oxygen atoms in total. The fourth-order valence-corrected chi connectivity index (χ4v) is 4.39. The highest BCUT2D eigenvalue weighted by Gasteiger charge is 2.44. The Balaban J connectivity index is 2.91. The number of ether oxygens (including phenoxy) is 4. The Morgan fingerprint density at radius 3 is 1.87 bits per heavy atom. The van der Waals surface area contributed by atoms with Crippen LogP contribution in [0, 0.1) is 19.8 Å². The summed E-state index contributed by atoms with van der Waals surface area (Å²) in [7, 11) is 4.19. The molecule has 39 heavy (non-hydrogen) atoms. The summed E-state index contributed by atoms with van der Waals surface area (Å²) in [5.41, 5.74) is -2.08. The molecule has 1 atom stereocenters. The number of hydrogen-bond acceptors (Lipinski definition) is 11. The summed E-state index contributed by atoms with van der Waals surface area (Å²) in [6.45, 7) is 8.88. The lowest BCUT2D eigenvalue weighted by atomic mass is 9.88. The summed E-state index contributed by atoms with van der Waals surface area (Å²) in [5, 5.41) is 3.01. The maximum atomic E-state index is 14.2. The Hall–Kier alpha value is -4.41. The highest BCUT2D eigenvalue weighted by molar-refractivity contribution is 6.28. The molecule has 0 saturated carbocycles. The minimum Gasteiger partial charge on any atom is -0.468 e. The Bertz CT molecular complexity index is 1620. The van der Waals surface area contributed by atoms with Crippen molar-refractivity contribution >= 4 is 46.1 Å². The number of methoxy groups -OCH3 is 4. The van der Waals surface area contributed by atoms with Crippen molar-refractivity contribution in [3.05, 3.63) is 55.3 Å². The van der Waals surface area contributed by atoms with Gasteiger partial charge in [-0.05, 0) is 57.9 Å². The van der Waals surface area contributed by atoms with Crippen molar-refractivity contribution in [2.75, 3.05) is 28.4 Å². The Morgan fingerprint density at radius 1 is 0.821 bits per heavy atom. The summed E-state index contributed by atoms with van der Waals surface area (Å²) >= 11 is 0. The highest BCUT2D eigenvalue weighted by Crippen LogP contribution is 2.32. The molecule has 11 heteroatoms. The van der Waals surface area contributed by atoms with E-state index in [2.05, 4.69) is 5.32 Å². The average Bonchev–Trinajstić information content (AvgIpc) is 3.00. The van der Waals surface area contributed by atoms with Crippen LogP contribution in [0.25, 0.3) is 22.2 Å². The molecule has 1 aromatic heterocycles. The number of benzene rings is 1. The van der Waals surface area contributed by atoms with Crippen LogP contribution in [0.4, 0.5) is 0 Å². The summed E-state index contributed by atoms with van der Waals surface area (Å²) in [5.74, 6) is -6.17. The van der Waals surface area contributed by atoms with Crippen LogP contribution in [0.2, 0.25) is 0 Å².